The molecule has 2 rings (SSSR count). The van der Waals surface area contributed by atoms with E-state index in [1.54, 1.807) is 17.5 Å². The fraction of sp³-hybridized carbons (Fsp3) is 0.667. The summed E-state index contributed by atoms with van der Waals surface area (Å²) in [7, 11) is 0. The highest BCUT2D eigenvalue weighted by atomic mass is 32.1. The van der Waals surface area contributed by atoms with Crippen LogP contribution >= 0.6 is 11.3 Å². The summed E-state index contributed by atoms with van der Waals surface area (Å²) in [6.45, 7) is 7.20. The molecule has 1 fully saturated rings. The average molecular weight is 269 g/mol. The molecule has 1 aromatic heterocycles. The molecule has 100 valence electrons. The maximum absolute atomic E-state index is 12.1. The van der Waals surface area contributed by atoms with Gasteiger partial charge in [-0.2, -0.15) is 0 Å². The number of rotatable bonds is 2. The average Bonchev–Trinajstić information content (AvgIpc) is 2.80. The van der Waals surface area contributed by atoms with Gasteiger partial charge in [0.15, 0.2) is 0 Å². The summed E-state index contributed by atoms with van der Waals surface area (Å²) in [5, 5.41) is 5.81. The second kappa shape index (κ2) is 5.67. The van der Waals surface area contributed by atoms with E-state index in [0.29, 0.717) is 13.1 Å². The van der Waals surface area contributed by atoms with Crippen molar-refractivity contribution >= 4 is 17.4 Å². The molecule has 2 heterocycles. The lowest BCUT2D eigenvalue weighted by molar-refractivity contribution is -0.0547. The Bertz CT molecular complexity index is 386. The van der Waals surface area contributed by atoms with Crippen LogP contribution in [0, 0.1) is 0 Å². The van der Waals surface area contributed by atoms with Gasteiger partial charge >= 0.3 is 6.03 Å². The SMILES string of the molecule is CC1CN(C(=O)NC(C)c2nccs2)CC(C)O1. The minimum Gasteiger partial charge on any atom is -0.372 e. The van der Waals surface area contributed by atoms with Gasteiger partial charge in [-0.25, -0.2) is 9.78 Å². The Hall–Kier alpha value is -1.14. The molecule has 3 atom stereocenters. The number of amides is 2. The van der Waals surface area contributed by atoms with Crippen LogP contribution in [0.1, 0.15) is 31.8 Å². The summed E-state index contributed by atoms with van der Waals surface area (Å²) in [6.07, 6.45) is 1.94. The highest BCUT2D eigenvalue weighted by Crippen LogP contribution is 2.16. The van der Waals surface area contributed by atoms with Crippen LogP contribution < -0.4 is 5.32 Å². The summed E-state index contributed by atoms with van der Waals surface area (Å²) in [5.41, 5.74) is 0. The number of urea groups is 1. The van der Waals surface area contributed by atoms with Crippen LogP contribution in [-0.2, 0) is 4.74 Å². The maximum atomic E-state index is 12.1. The van der Waals surface area contributed by atoms with Crippen LogP contribution in [-0.4, -0.2) is 41.2 Å². The van der Waals surface area contributed by atoms with E-state index in [1.165, 1.54) is 0 Å². The number of nitrogens with one attached hydrogen (secondary N) is 1. The Kier molecular flexibility index (Phi) is 4.19. The van der Waals surface area contributed by atoms with Crippen LogP contribution in [0.4, 0.5) is 4.79 Å². The third-order valence-electron chi connectivity index (χ3n) is 2.87. The molecular formula is C12H19N3O2S. The quantitative estimate of drug-likeness (QED) is 0.893. The van der Waals surface area contributed by atoms with Crippen molar-refractivity contribution in [2.45, 2.75) is 39.0 Å². The first-order valence-electron chi connectivity index (χ1n) is 6.16. The van der Waals surface area contributed by atoms with E-state index in [1.807, 2.05) is 31.1 Å². The molecule has 1 aliphatic rings. The molecule has 0 aliphatic carbocycles. The predicted octanol–water partition coefficient (Wildman–Crippen LogP) is 2.02. The normalized spacial score (nSPS) is 25.8. The molecule has 1 aromatic rings. The minimum atomic E-state index is -0.0500. The number of morpholine rings is 1. The Balaban J connectivity index is 1.91. The molecule has 0 aromatic carbocycles. The molecule has 0 spiro atoms. The minimum absolute atomic E-state index is 0.0419. The van der Waals surface area contributed by atoms with Gasteiger partial charge in [-0.15, -0.1) is 11.3 Å². The smallest absolute Gasteiger partial charge is 0.318 e. The van der Waals surface area contributed by atoms with Gasteiger partial charge in [-0.1, -0.05) is 0 Å². The van der Waals surface area contributed by atoms with E-state index < -0.39 is 0 Å². The number of hydrogen-bond acceptors (Lipinski definition) is 4. The van der Waals surface area contributed by atoms with E-state index in [2.05, 4.69) is 10.3 Å². The number of carbonyl (C=O) groups excluding carboxylic acids is 1. The fourth-order valence-electron chi connectivity index (χ4n) is 2.13. The van der Waals surface area contributed by atoms with Crippen molar-refractivity contribution in [3.05, 3.63) is 16.6 Å². The fourth-order valence-corrected chi connectivity index (χ4v) is 2.78. The number of nitrogens with zero attached hydrogens (tertiary/aromatic N) is 2. The first-order valence-corrected chi connectivity index (χ1v) is 7.04. The third kappa shape index (κ3) is 3.20. The zero-order valence-electron chi connectivity index (χ0n) is 10.9. The van der Waals surface area contributed by atoms with Crippen molar-refractivity contribution in [2.24, 2.45) is 0 Å². The van der Waals surface area contributed by atoms with E-state index in [0.717, 1.165) is 5.01 Å². The van der Waals surface area contributed by atoms with Gasteiger partial charge in [0, 0.05) is 24.7 Å². The third-order valence-corrected chi connectivity index (χ3v) is 3.83. The summed E-state index contributed by atoms with van der Waals surface area (Å²) in [4.78, 5) is 18.1. The summed E-state index contributed by atoms with van der Waals surface area (Å²) < 4.78 is 5.61. The Morgan fingerprint density at radius 1 is 1.56 bits per heavy atom. The second-order valence-corrected chi connectivity index (χ2v) is 5.63. The van der Waals surface area contributed by atoms with Crippen LogP contribution in [0.15, 0.2) is 11.6 Å². The largest absolute Gasteiger partial charge is 0.372 e. The molecule has 2 amide bonds. The topological polar surface area (TPSA) is 54.5 Å². The Morgan fingerprint density at radius 3 is 2.78 bits per heavy atom. The van der Waals surface area contributed by atoms with Crippen molar-refractivity contribution in [3.63, 3.8) is 0 Å². The molecule has 1 aliphatic heterocycles. The zero-order valence-corrected chi connectivity index (χ0v) is 11.7. The van der Waals surface area contributed by atoms with Crippen LogP contribution in [0.5, 0.6) is 0 Å². The van der Waals surface area contributed by atoms with Gasteiger partial charge in [-0.05, 0) is 20.8 Å². The van der Waals surface area contributed by atoms with Crippen LogP contribution in [0.25, 0.3) is 0 Å². The van der Waals surface area contributed by atoms with Gasteiger partial charge in [0.2, 0.25) is 0 Å². The van der Waals surface area contributed by atoms with Crippen molar-refractivity contribution in [1.82, 2.24) is 15.2 Å². The molecule has 5 nitrogen and oxygen atoms in total. The number of carbonyl (C=O) groups is 1. The summed E-state index contributed by atoms with van der Waals surface area (Å²) in [6, 6.07) is -0.0920. The Morgan fingerprint density at radius 2 is 2.22 bits per heavy atom. The highest BCUT2D eigenvalue weighted by Gasteiger charge is 2.26. The van der Waals surface area contributed by atoms with E-state index in [9.17, 15) is 4.79 Å². The lowest BCUT2D eigenvalue weighted by Crippen LogP contribution is -2.52. The Labute approximate surface area is 111 Å². The molecule has 0 bridgehead atoms. The molecule has 3 unspecified atom stereocenters. The lowest BCUT2D eigenvalue weighted by atomic mass is 10.2. The molecule has 1 N–H and O–H groups in total. The lowest BCUT2D eigenvalue weighted by Gasteiger charge is -2.35. The molecule has 18 heavy (non-hydrogen) atoms. The van der Waals surface area contributed by atoms with Crippen LogP contribution in [0.2, 0.25) is 0 Å². The summed E-state index contributed by atoms with van der Waals surface area (Å²) in [5.74, 6) is 0. The first kappa shape index (κ1) is 13.3. The molecular weight excluding hydrogens is 250 g/mol. The summed E-state index contributed by atoms with van der Waals surface area (Å²) >= 11 is 1.55. The number of thiazole rings is 1. The molecule has 0 saturated carbocycles. The van der Waals surface area contributed by atoms with E-state index >= 15 is 0 Å². The number of aromatic nitrogens is 1. The molecule has 1 saturated heterocycles. The van der Waals surface area contributed by atoms with Gasteiger partial charge in [0.05, 0.1) is 18.2 Å². The second-order valence-electron chi connectivity index (χ2n) is 4.70. The van der Waals surface area contributed by atoms with Crippen molar-refractivity contribution < 1.29 is 9.53 Å². The van der Waals surface area contributed by atoms with Crippen molar-refractivity contribution in [2.75, 3.05) is 13.1 Å². The standard InChI is InChI=1S/C12H19N3O2S/c1-8-6-15(7-9(2)17-8)12(16)14-10(3)11-13-4-5-18-11/h4-5,8-10H,6-7H2,1-3H3,(H,14,16). The molecule has 0 radical (unpaired) electrons. The first-order chi connectivity index (χ1) is 8.56. The number of ether oxygens (including phenoxy) is 1. The molecule has 6 heteroatoms. The van der Waals surface area contributed by atoms with E-state index in [4.69, 9.17) is 4.74 Å². The van der Waals surface area contributed by atoms with Crippen LogP contribution in [0.3, 0.4) is 0 Å². The highest BCUT2D eigenvalue weighted by molar-refractivity contribution is 7.09. The van der Waals surface area contributed by atoms with Gasteiger partial charge in [-0.3, -0.25) is 0 Å². The van der Waals surface area contributed by atoms with Gasteiger partial charge < -0.3 is 15.0 Å². The zero-order chi connectivity index (χ0) is 13.1. The van der Waals surface area contributed by atoms with E-state index in [-0.39, 0.29) is 24.3 Å². The monoisotopic (exact) mass is 269 g/mol. The number of hydrogen-bond donors (Lipinski definition) is 1. The van der Waals surface area contributed by atoms with Crippen molar-refractivity contribution in [1.29, 1.82) is 0 Å². The van der Waals surface area contributed by atoms with Gasteiger partial charge in [0.1, 0.15) is 5.01 Å². The van der Waals surface area contributed by atoms with Crippen molar-refractivity contribution in [3.8, 4) is 0 Å². The van der Waals surface area contributed by atoms with Gasteiger partial charge in [0.25, 0.3) is 0 Å². The predicted molar refractivity (Wildman–Crippen MR) is 70.6 cm³/mol. The maximum Gasteiger partial charge on any atom is 0.318 e.